The molecular weight excluding hydrogens is 354 g/mol. The second-order valence-corrected chi connectivity index (χ2v) is 7.99. The zero-order valence-electron chi connectivity index (χ0n) is 15.9. The summed E-state index contributed by atoms with van der Waals surface area (Å²) in [6, 6.07) is 4.45. The number of likely N-dealkylation sites (N-methyl/N-ethyl adjacent to an activating group) is 1. The van der Waals surface area contributed by atoms with Crippen LogP contribution in [0.25, 0.3) is 0 Å². The van der Waals surface area contributed by atoms with E-state index in [0.717, 1.165) is 12.2 Å². The van der Waals surface area contributed by atoms with Crippen LogP contribution in [-0.4, -0.2) is 47.0 Å². The molecule has 1 rings (SSSR count). The Morgan fingerprint density at radius 3 is 2.46 bits per heavy atom. The van der Waals surface area contributed by atoms with Crippen molar-refractivity contribution in [3.05, 3.63) is 33.9 Å². The molecule has 1 aromatic rings. The van der Waals surface area contributed by atoms with E-state index >= 15 is 0 Å². The summed E-state index contributed by atoms with van der Waals surface area (Å²) in [5, 5.41) is 14.1. The molecule has 0 fully saturated rings. The fourth-order valence-corrected chi connectivity index (χ4v) is 3.45. The van der Waals surface area contributed by atoms with Crippen LogP contribution >= 0.6 is 11.8 Å². The van der Waals surface area contributed by atoms with Gasteiger partial charge in [-0.1, -0.05) is 13.8 Å². The number of carbonyl (C=O) groups is 2. The number of hydrogen-bond acceptors (Lipinski definition) is 5. The Morgan fingerprint density at radius 2 is 1.92 bits per heavy atom. The minimum atomic E-state index is -0.472. The molecule has 0 aliphatic carbocycles. The van der Waals surface area contributed by atoms with E-state index in [1.165, 1.54) is 29.8 Å². The van der Waals surface area contributed by atoms with Crippen LogP contribution in [0.4, 0.5) is 5.69 Å². The summed E-state index contributed by atoms with van der Waals surface area (Å²) in [4.78, 5) is 37.0. The van der Waals surface area contributed by atoms with Crippen molar-refractivity contribution in [1.29, 1.82) is 0 Å². The maximum Gasteiger partial charge on any atom is 0.283 e. The molecule has 0 unspecified atom stereocenters. The molecule has 0 saturated heterocycles. The second kappa shape index (κ2) is 10.2. The lowest BCUT2D eigenvalue weighted by Crippen LogP contribution is -2.40. The van der Waals surface area contributed by atoms with Crippen LogP contribution in [0.1, 0.15) is 44.5 Å². The summed E-state index contributed by atoms with van der Waals surface area (Å²) >= 11 is 1.42. The normalized spacial score (nSPS) is 10.9. The quantitative estimate of drug-likeness (QED) is 0.402. The number of hydrogen-bond donors (Lipinski definition) is 1. The van der Waals surface area contributed by atoms with Gasteiger partial charge >= 0.3 is 0 Å². The van der Waals surface area contributed by atoms with Crippen LogP contribution in [0, 0.1) is 16.0 Å². The first-order chi connectivity index (χ1) is 12.1. The third-order valence-electron chi connectivity index (χ3n) is 3.53. The van der Waals surface area contributed by atoms with Crippen molar-refractivity contribution in [1.82, 2.24) is 10.2 Å². The molecule has 8 heteroatoms. The van der Waals surface area contributed by atoms with Crippen LogP contribution in [0.5, 0.6) is 0 Å². The van der Waals surface area contributed by atoms with Crippen molar-refractivity contribution in [2.45, 2.75) is 45.1 Å². The molecule has 0 spiro atoms. The van der Waals surface area contributed by atoms with Crippen LogP contribution in [0.15, 0.2) is 23.1 Å². The summed E-state index contributed by atoms with van der Waals surface area (Å²) in [6.45, 7) is 7.76. The number of rotatable bonds is 9. The van der Waals surface area contributed by atoms with Gasteiger partial charge in [0.15, 0.2) is 0 Å². The van der Waals surface area contributed by atoms with Gasteiger partial charge in [-0.3, -0.25) is 19.7 Å². The van der Waals surface area contributed by atoms with E-state index < -0.39 is 10.8 Å². The van der Waals surface area contributed by atoms with Gasteiger partial charge in [0, 0.05) is 24.7 Å². The van der Waals surface area contributed by atoms with Crippen molar-refractivity contribution in [3.63, 3.8) is 0 Å². The predicted molar refractivity (Wildman–Crippen MR) is 104 cm³/mol. The molecule has 0 aliphatic heterocycles. The molecule has 1 N–H and O–H groups in total. The highest BCUT2D eigenvalue weighted by Crippen LogP contribution is 2.31. The zero-order valence-corrected chi connectivity index (χ0v) is 16.8. The topological polar surface area (TPSA) is 92.6 Å². The highest BCUT2D eigenvalue weighted by atomic mass is 32.2. The van der Waals surface area contributed by atoms with Gasteiger partial charge in [-0.05, 0) is 44.1 Å². The SMILES string of the molecule is CC(C)CCSc1ccc(C(=O)N(C)CC(=O)NC(C)C)cc1[N+](=O)[O-]. The van der Waals surface area contributed by atoms with Gasteiger partial charge in [0.1, 0.15) is 0 Å². The smallest absolute Gasteiger partial charge is 0.283 e. The van der Waals surface area contributed by atoms with Gasteiger partial charge in [0.25, 0.3) is 11.6 Å². The van der Waals surface area contributed by atoms with Crippen LogP contribution in [-0.2, 0) is 4.79 Å². The van der Waals surface area contributed by atoms with Gasteiger partial charge in [0.2, 0.25) is 5.91 Å². The van der Waals surface area contributed by atoms with Crippen LogP contribution < -0.4 is 5.32 Å². The van der Waals surface area contributed by atoms with Crippen molar-refractivity contribution in [2.75, 3.05) is 19.3 Å². The second-order valence-electron chi connectivity index (χ2n) is 6.85. The average molecular weight is 381 g/mol. The lowest BCUT2D eigenvalue weighted by atomic mass is 10.1. The van der Waals surface area contributed by atoms with Crippen molar-refractivity contribution >= 4 is 29.3 Å². The molecule has 2 amide bonds. The Balaban J connectivity index is 2.89. The minimum Gasteiger partial charge on any atom is -0.352 e. The van der Waals surface area contributed by atoms with Crippen molar-refractivity contribution in [2.24, 2.45) is 5.92 Å². The highest BCUT2D eigenvalue weighted by Gasteiger charge is 2.21. The van der Waals surface area contributed by atoms with E-state index in [1.54, 1.807) is 12.1 Å². The molecule has 0 atom stereocenters. The third-order valence-corrected chi connectivity index (χ3v) is 4.63. The molecule has 7 nitrogen and oxygen atoms in total. The molecule has 0 bridgehead atoms. The number of nitrogens with one attached hydrogen (secondary N) is 1. The van der Waals surface area contributed by atoms with Gasteiger partial charge in [-0.25, -0.2) is 0 Å². The van der Waals surface area contributed by atoms with E-state index in [2.05, 4.69) is 19.2 Å². The molecule has 144 valence electrons. The lowest BCUT2D eigenvalue weighted by molar-refractivity contribution is -0.387. The van der Waals surface area contributed by atoms with E-state index in [4.69, 9.17) is 0 Å². The fraction of sp³-hybridized carbons (Fsp3) is 0.556. The number of nitro benzene ring substituents is 1. The Labute approximate surface area is 158 Å². The molecule has 1 aromatic carbocycles. The molecule has 0 radical (unpaired) electrons. The summed E-state index contributed by atoms with van der Waals surface area (Å²) in [7, 11) is 1.50. The molecule has 26 heavy (non-hydrogen) atoms. The predicted octanol–water partition coefficient (Wildman–Crippen LogP) is 3.33. The van der Waals surface area contributed by atoms with E-state index in [-0.39, 0.29) is 29.7 Å². The van der Waals surface area contributed by atoms with Gasteiger partial charge < -0.3 is 10.2 Å². The average Bonchev–Trinajstić information content (AvgIpc) is 2.52. The number of thioether (sulfide) groups is 1. The number of benzene rings is 1. The summed E-state index contributed by atoms with van der Waals surface area (Å²) in [5.41, 5.74) is 0.120. The largest absolute Gasteiger partial charge is 0.352 e. The number of nitro groups is 1. The van der Waals surface area contributed by atoms with E-state index in [1.807, 2.05) is 13.8 Å². The molecule has 0 aliphatic rings. The Bertz CT molecular complexity index is 662. The first-order valence-corrected chi connectivity index (χ1v) is 9.56. The Hall–Kier alpha value is -2.09. The summed E-state index contributed by atoms with van der Waals surface area (Å²) in [6.07, 6.45) is 0.955. The van der Waals surface area contributed by atoms with Crippen LogP contribution in [0.3, 0.4) is 0 Å². The minimum absolute atomic E-state index is 0.0192. The summed E-state index contributed by atoms with van der Waals surface area (Å²) in [5.74, 6) is 0.603. The molecule has 0 aromatic heterocycles. The zero-order chi connectivity index (χ0) is 19.9. The van der Waals surface area contributed by atoms with Gasteiger partial charge in [-0.2, -0.15) is 0 Å². The monoisotopic (exact) mass is 381 g/mol. The number of amides is 2. The Morgan fingerprint density at radius 1 is 1.27 bits per heavy atom. The first-order valence-electron chi connectivity index (χ1n) is 8.57. The number of carbonyl (C=O) groups excluding carboxylic acids is 2. The molecule has 0 saturated carbocycles. The third kappa shape index (κ3) is 7.03. The maximum absolute atomic E-state index is 12.5. The van der Waals surface area contributed by atoms with Crippen molar-refractivity contribution in [3.8, 4) is 0 Å². The standard InChI is InChI=1S/C18H27N3O4S/c1-12(2)8-9-26-16-7-6-14(10-15(16)21(24)25)18(23)20(5)11-17(22)19-13(3)4/h6-7,10,12-13H,8-9,11H2,1-5H3,(H,19,22). The lowest BCUT2D eigenvalue weighted by Gasteiger charge is -2.18. The van der Waals surface area contributed by atoms with E-state index in [0.29, 0.717) is 10.8 Å². The van der Waals surface area contributed by atoms with Crippen molar-refractivity contribution < 1.29 is 14.5 Å². The van der Waals surface area contributed by atoms with Gasteiger partial charge in [-0.15, -0.1) is 11.8 Å². The first kappa shape index (κ1) is 22.0. The summed E-state index contributed by atoms with van der Waals surface area (Å²) < 4.78 is 0. The molecule has 0 heterocycles. The number of nitrogens with zero attached hydrogens (tertiary/aromatic N) is 2. The highest BCUT2D eigenvalue weighted by molar-refractivity contribution is 7.99. The maximum atomic E-state index is 12.5. The fourth-order valence-electron chi connectivity index (χ4n) is 2.19. The Kier molecular flexibility index (Phi) is 8.57. The van der Waals surface area contributed by atoms with E-state index in [9.17, 15) is 19.7 Å². The van der Waals surface area contributed by atoms with Gasteiger partial charge in [0.05, 0.1) is 16.4 Å². The molecular formula is C18H27N3O4S. The van der Waals surface area contributed by atoms with Crippen LogP contribution in [0.2, 0.25) is 0 Å².